The number of nitrogens with one attached hydrogen (secondary N) is 1. The number of hydrogen-bond donors (Lipinski definition) is 1. The minimum atomic E-state index is -0.915. The third-order valence-corrected chi connectivity index (χ3v) is 4.37. The lowest BCUT2D eigenvalue weighted by molar-refractivity contribution is -0.131. The van der Waals surface area contributed by atoms with E-state index in [1.54, 1.807) is 4.90 Å². The Balaban J connectivity index is 1.65. The molecule has 0 radical (unpaired) electrons. The first-order valence-electron chi connectivity index (χ1n) is 8.76. The third kappa shape index (κ3) is 4.80. The highest BCUT2D eigenvalue weighted by atomic mass is 19.1. The number of hydrogen-bond acceptors (Lipinski definition) is 5. The Morgan fingerprint density at radius 1 is 1.18 bits per heavy atom. The van der Waals surface area contributed by atoms with E-state index in [1.165, 1.54) is 18.3 Å². The first kappa shape index (κ1) is 19.7. The fraction of sp³-hybridized carbons (Fsp3) is 0.316. The number of aromatic nitrogens is 1. The van der Waals surface area contributed by atoms with Crippen molar-refractivity contribution in [1.29, 1.82) is 0 Å². The molecule has 0 aliphatic carbocycles. The summed E-state index contributed by atoms with van der Waals surface area (Å²) < 4.78 is 32.2. The molecule has 28 heavy (non-hydrogen) atoms. The zero-order valence-corrected chi connectivity index (χ0v) is 15.3. The Kier molecular flexibility index (Phi) is 6.15. The molecule has 0 bridgehead atoms. The first-order valence-corrected chi connectivity index (χ1v) is 8.76. The SMILES string of the molecule is CN1CCN(C(=O)CNC(=O)c2cccnc2Oc2ccc(F)cc2F)CC1. The van der Waals surface area contributed by atoms with Crippen molar-refractivity contribution < 1.29 is 23.1 Å². The predicted molar refractivity (Wildman–Crippen MR) is 97.1 cm³/mol. The van der Waals surface area contributed by atoms with Gasteiger partial charge in [-0.2, -0.15) is 0 Å². The summed E-state index contributed by atoms with van der Waals surface area (Å²) in [4.78, 5) is 32.5. The molecule has 3 rings (SSSR count). The zero-order chi connectivity index (χ0) is 20.1. The van der Waals surface area contributed by atoms with Crippen molar-refractivity contribution in [3.8, 4) is 11.6 Å². The Morgan fingerprint density at radius 2 is 1.93 bits per heavy atom. The molecule has 0 atom stereocenters. The molecule has 0 spiro atoms. The fourth-order valence-corrected chi connectivity index (χ4v) is 2.73. The van der Waals surface area contributed by atoms with Gasteiger partial charge in [0.1, 0.15) is 11.4 Å². The minimum absolute atomic E-state index is 0.0393. The highest BCUT2D eigenvalue weighted by Gasteiger charge is 2.21. The number of nitrogens with zero attached hydrogens (tertiary/aromatic N) is 3. The van der Waals surface area contributed by atoms with Crippen LogP contribution in [0.3, 0.4) is 0 Å². The summed E-state index contributed by atoms with van der Waals surface area (Å²) in [6.07, 6.45) is 1.38. The van der Waals surface area contributed by atoms with E-state index in [4.69, 9.17) is 4.74 Å². The van der Waals surface area contributed by atoms with E-state index in [0.717, 1.165) is 25.2 Å². The minimum Gasteiger partial charge on any atom is -0.435 e. The zero-order valence-electron chi connectivity index (χ0n) is 15.3. The Hall–Kier alpha value is -3.07. The molecular formula is C19H20F2N4O3. The van der Waals surface area contributed by atoms with Gasteiger partial charge in [0.25, 0.3) is 5.91 Å². The fourth-order valence-electron chi connectivity index (χ4n) is 2.73. The van der Waals surface area contributed by atoms with Crippen LogP contribution in [-0.2, 0) is 4.79 Å². The Labute approximate surface area is 160 Å². The third-order valence-electron chi connectivity index (χ3n) is 4.37. The summed E-state index contributed by atoms with van der Waals surface area (Å²) in [5.41, 5.74) is 0.0393. The topological polar surface area (TPSA) is 74.8 Å². The summed E-state index contributed by atoms with van der Waals surface area (Å²) in [6.45, 7) is 2.61. The lowest BCUT2D eigenvalue weighted by Gasteiger charge is -2.32. The summed E-state index contributed by atoms with van der Waals surface area (Å²) in [7, 11) is 1.98. The molecule has 1 aliphatic rings. The highest BCUT2D eigenvalue weighted by molar-refractivity contribution is 5.98. The molecule has 0 saturated carbocycles. The molecule has 1 aromatic carbocycles. The number of piperazine rings is 1. The van der Waals surface area contributed by atoms with Gasteiger partial charge < -0.3 is 19.9 Å². The maximum absolute atomic E-state index is 13.8. The van der Waals surface area contributed by atoms with E-state index < -0.39 is 17.5 Å². The van der Waals surface area contributed by atoms with Gasteiger partial charge in [-0.1, -0.05) is 0 Å². The van der Waals surface area contributed by atoms with E-state index in [0.29, 0.717) is 19.2 Å². The number of pyridine rings is 1. The molecule has 0 unspecified atom stereocenters. The standard InChI is InChI=1S/C19H20F2N4O3/c1-24-7-9-25(10-8-24)17(26)12-23-18(27)14-3-2-6-22-19(14)28-16-5-4-13(20)11-15(16)21/h2-6,11H,7-10,12H2,1H3,(H,23,27). The normalized spacial score (nSPS) is 14.6. The van der Waals surface area contributed by atoms with E-state index in [-0.39, 0.29) is 29.6 Å². The van der Waals surface area contributed by atoms with E-state index >= 15 is 0 Å². The first-order chi connectivity index (χ1) is 13.4. The van der Waals surface area contributed by atoms with Crippen LogP contribution in [0.1, 0.15) is 10.4 Å². The highest BCUT2D eigenvalue weighted by Crippen LogP contribution is 2.26. The number of rotatable bonds is 5. The van der Waals surface area contributed by atoms with Gasteiger partial charge in [0.05, 0.1) is 6.54 Å². The van der Waals surface area contributed by atoms with Gasteiger partial charge in [-0.25, -0.2) is 13.8 Å². The van der Waals surface area contributed by atoms with Crippen LogP contribution in [0.5, 0.6) is 11.6 Å². The smallest absolute Gasteiger partial charge is 0.257 e. The maximum atomic E-state index is 13.8. The van der Waals surface area contributed by atoms with Crippen LogP contribution < -0.4 is 10.1 Å². The second-order valence-electron chi connectivity index (χ2n) is 6.40. The molecule has 148 valence electrons. The van der Waals surface area contributed by atoms with Crippen LogP contribution in [-0.4, -0.2) is 66.4 Å². The van der Waals surface area contributed by atoms with Crippen LogP contribution in [0.4, 0.5) is 8.78 Å². The summed E-state index contributed by atoms with van der Waals surface area (Å²) >= 11 is 0. The second-order valence-corrected chi connectivity index (χ2v) is 6.40. The van der Waals surface area contributed by atoms with E-state index in [2.05, 4.69) is 15.2 Å². The molecular weight excluding hydrogens is 370 g/mol. The maximum Gasteiger partial charge on any atom is 0.257 e. The van der Waals surface area contributed by atoms with Gasteiger partial charge >= 0.3 is 0 Å². The molecule has 9 heteroatoms. The number of benzene rings is 1. The summed E-state index contributed by atoms with van der Waals surface area (Å²) in [6, 6.07) is 5.78. The average Bonchev–Trinajstić information content (AvgIpc) is 2.69. The molecule has 1 aromatic heterocycles. The average molecular weight is 390 g/mol. The number of carbonyl (C=O) groups is 2. The van der Waals surface area contributed by atoms with Crippen LogP contribution in [0.15, 0.2) is 36.5 Å². The molecule has 2 aromatic rings. The predicted octanol–water partition coefficient (Wildman–Crippen LogP) is 1.66. The lowest BCUT2D eigenvalue weighted by Crippen LogP contribution is -2.50. The van der Waals surface area contributed by atoms with Crippen molar-refractivity contribution in [2.24, 2.45) is 0 Å². The number of likely N-dealkylation sites (N-methyl/N-ethyl adjacent to an activating group) is 1. The van der Waals surface area contributed by atoms with Gasteiger partial charge in [0, 0.05) is 38.4 Å². The van der Waals surface area contributed by atoms with Crippen molar-refractivity contribution in [2.75, 3.05) is 39.8 Å². The second kappa shape index (κ2) is 8.75. The largest absolute Gasteiger partial charge is 0.435 e. The van der Waals surface area contributed by atoms with Crippen LogP contribution >= 0.6 is 0 Å². The molecule has 2 heterocycles. The summed E-state index contributed by atoms with van der Waals surface area (Å²) in [5.74, 6) is -2.82. The molecule has 2 amide bonds. The number of halogens is 2. The van der Waals surface area contributed by atoms with Gasteiger partial charge in [-0.15, -0.1) is 0 Å². The van der Waals surface area contributed by atoms with Crippen LogP contribution in [0.2, 0.25) is 0 Å². The van der Waals surface area contributed by atoms with Crippen molar-refractivity contribution in [1.82, 2.24) is 20.1 Å². The molecule has 1 saturated heterocycles. The Morgan fingerprint density at radius 3 is 2.64 bits per heavy atom. The molecule has 7 nitrogen and oxygen atoms in total. The van der Waals surface area contributed by atoms with Crippen molar-refractivity contribution in [3.63, 3.8) is 0 Å². The number of carbonyl (C=O) groups excluding carboxylic acids is 2. The molecule has 1 N–H and O–H groups in total. The van der Waals surface area contributed by atoms with Crippen molar-refractivity contribution in [2.45, 2.75) is 0 Å². The van der Waals surface area contributed by atoms with Crippen molar-refractivity contribution >= 4 is 11.8 Å². The van der Waals surface area contributed by atoms with Crippen LogP contribution in [0.25, 0.3) is 0 Å². The van der Waals surface area contributed by atoms with Gasteiger partial charge in [0.2, 0.25) is 11.8 Å². The van der Waals surface area contributed by atoms with Crippen molar-refractivity contribution in [3.05, 3.63) is 53.7 Å². The van der Waals surface area contributed by atoms with E-state index in [1.807, 2.05) is 7.05 Å². The van der Waals surface area contributed by atoms with Gasteiger partial charge in [-0.05, 0) is 31.3 Å². The number of amides is 2. The lowest BCUT2D eigenvalue weighted by atomic mass is 10.2. The molecule has 1 fully saturated rings. The monoisotopic (exact) mass is 390 g/mol. The molecule has 1 aliphatic heterocycles. The van der Waals surface area contributed by atoms with E-state index in [9.17, 15) is 18.4 Å². The van der Waals surface area contributed by atoms with Gasteiger partial charge in [-0.3, -0.25) is 9.59 Å². The summed E-state index contributed by atoms with van der Waals surface area (Å²) in [5, 5.41) is 2.54. The quantitative estimate of drug-likeness (QED) is 0.841. The Bertz CT molecular complexity index is 870. The van der Waals surface area contributed by atoms with Crippen LogP contribution in [0, 0.1) is 11.6 Å². The number of ether oxygens (including phenoxy) is 1. The van der Waals surface area contributed by atoms with Gasteiger partial charge in [0.15, 0.2) is 11.6 Å².